The van der Waals surface area contributed by atoms with Gasteiger partial charge >= 0.3 is 0 Å². The Bertz CT molecular complexity index is 467. The van der Waals surface area contributed by atoms with Gasteiger partial charge < -0.3 is 10.6 Å². The molecule has 0 bridgehead atoms. The molecule has 0 aromatic heterocycles. The molecule has 1 saturated heterocycles. The fourth-order valence-electron chi connectivity index (χ4n) is 2.56. The summed E-state index contributed by atoms with van der Waals surface area (Å²) >= 11 is 0. The second-order valence-corrected chi connectivity index (χ2v) is 5.23. The van der Waals surface area contributed by atoms with Crippen molar-refractivity contribution in [1.29, 1.82) is 0 Å². The number of benzene rings is 1. The number of nitrogens with one attached hydrogen (secondary N) is 2. The number of aryl methyl sites for hydroxylation is 1. The highest BCUT2D eigenvalue weighted by molar-refractivity contribution is 5.86. The molecule has 2 N–H and O–H groups in total. The van der Waals surface area contributed by atoms with Gasteiger partial charge in [0.05, 0.1) is 5.54 Å². The van der Waals surface area contributed by atoms with Crippen LogP contribution in [0.2, 0.25) is 0 Å². The first kappa shape index (κ1) is 14.0. The SMILES string of the molecule is CCC1(C(=O)NCc2ccc(C)c(F)c2)CCCN1. The highest BCUT2D eigenvalue weighted by Gasteiger charge is 2.38. The largest absolute Gasteiger partial charge is 0.350 e. The van der Waals surface area contributed by atoms with Crippen molar-refractivity contribution in [3.05, 3.63) is 35.1 Å². The monoisotopic (exact) mass is 264 g/mol. The van der Waals surface area contributed by atoms with Gasteiger partial charge in [-0.3, -0.25) is 4.79 Å². The summed E-state index contributed by atoms with van der Waals surface area (Å²) in [7, 11) is 0. The van der Waals surface area contributed by atoms with Gasteiger partial charge in [0.15, 0.2) is 0 Å². The number of rotatable bonds is 4. The van der Waals surface area contributed by atoms with Crippen molar-refractivity contribution >= 4 is 5.91 Å². The minimum atomic E-state index is -0.427. The normalized spacial score (nSPS) is 22.5. The lowest BCUT2D eigenvalue weighted by molar-refractivity contribution is -0.127. The van der Waals surface area contributed by atoms with Gasteiger partial charge in [-0.2, -0.15) is 0 Å². The smallest absolute Gasteiger partial charge is 0.240 e. The number of carbonyl (C=O) groups is 1. The van der Waals surface area contributed by atoms with Gasteiger partial charge in [0.25, 0.3) is 0 Å². The zero-order valence-corrected chi connectivity index (χ0v) is 11.6. The fourth-order valence-corrected chi connectivity index (χ4v) is 2.56. The summed E-state index contributed by atoms with van der Waals surface area (Å²) in [6, 6.07) is 5.07. The highest BCUT2D eigenvalue weighted by Crippen LogP contribution is 2.23. The van der Waals surface area contributed by atoms with E-state index in [0.29, 0.717) is 12.1 Å². The van der Waals surface area contributed by atoms with Gasteiger partial charge in [-0.05, 0) is 49.9 Å². The fraction of sp³-hybridized carbons (Fsp3) is 0.533. The second kappa shape index (κ2) is 5.70. The summed E-state index contributed by atoms with van der Waals surface area (Å²) in [4.78, 5) is 12.3. The van der Waals surface area contributed by atoms with Crippen LogP contribution >= 0.6 is 0 Å². The first-order chi connectivity index (χ1) is 9.07. The van der Waals surface area contributed by atoms with E-state index in [4.69, 9.17) is 0 Å². The summed E-state index contributed by atoms with van der Waals surface area (Å²) in [5.41, 5.74) is 0.988. The van der Waals surface area contributed by atoms with Crippen LogP contribution in [0.5, 0.6) is 0 Å². The molecule has 1 atom stereocenters. The number of carbonyl (C=O) groups excluding carboxylic acids is 1. The molecule has 1 fully saturated rings. The molecule has 1 aromatic rings. The molecule has 1 heterocycles. The lowest BCUT2D eigenvalue weighted by Gasteiger charge is -2.26. The van der Waals surface area contributed by atoms with Crippen molar-refractivity contribution in [2.75, 3.05) is 6.54 Å². The number of amides is 1. The van der Waals surface area contributed by atoms with Crippen LogP contribution in [0, 0.1) is 12.7 Å². The highest BCUT2D eigenvalue weighted by atomic mass is 19.1. The molecule has 1 aromatic carbocycles. The maximum atomic E-state index is 13.4. The Labute approximate surface area is 113 Å². The Morgan fingerprint density at radius 3 is 2.89 bits per heavy atom. The molecule has 1 amide bonds. The van der Waals surface area contributed by atoms with E-state index in [0.717, 1.165) is 31.4 Å². The van der Waals surface area contributed by atoms with Crippen LogP contribution < -0.4 is 10.6 Å². The zero-order chi connectivity index (χ0) is 13.9. The Hall–Kier alpha value is -1.42. The molecule has 0 saturated carbocycles. The van der Waals surface area contributed by atoms with E-state index in [-0.39, 0.29) is 11.7 Å². The molecule has 0 aliphatic carbocycles. The summed E-state index contributed by atoms with van der Waals surface area (Å²) in [6.07, 6.45) is 2.68. The topological polar surface area (TPSA) is 41.1 Å². The van der Waals surface area contributed by atoms with Crippen LogP contribution in [0.1, 0.15) is 37.3 Å². The van der Waals surface area contributed by atoms with Crippen molar-refractivity contribution in [1.82, 2.24) is 10.6 Å². The summed E-state index contributed by atoms with van der Waals surface area (Å²) in [5, 5.41) is 6.20. The van der Waals surface area contributed by atoms with E-state index in [1.807, 2.05) is 13.0 Å². The van der Waals surface area contributed by atoms with Gasteiger partial charge in [0.1, 0.15) is 5.82 Å². The molecule has 1 aliphatic heterocycles. The number of hydrogen-bond donors (Lipinski definition) is 2. The average Bonchev–Trinajstić information content (AvgIpc) is 2.90. The minimum Gasteiger partial charge on any atom is -0.350 e. The zero-order valence-electron chi connectivity index (χ0n) is 11.6. The second-order valence-electron chi connectivity index (χ2n) is 5.23. The van der Waals surface area contributed by atoms with E-state index < -0.39 is 5.54 Å². The Balaban J connectivity index is 1.98. The van der Waals surface area contributed by atoms with Gasteiger partial charge in [-0.15, -0.1) is 0 Å². The van der Waals surface area contributed by atoms with Gasteiger partial charge in [-0.25, -0.2) is 4.39 Å². The van der Waals surface area contributed by atoms with E-state index >= 15 is 0 Å². The molecule has 19 heavy (non-hydrogen) atoms. The first-order valence-electron chi connectivity index (χ1n) is 6.86. The minimum absolute atomic E-state index is 0.0217. The first-order valence-corrected chi connectivity index (χ1v) is 6.86. The van der Waals surface area contributed by atoms with Gasteiger partial charge in [0, 0.05) is 6.54 Å². The summed E-state index contributed by atoms with van der Waals surface area (Å²) in [5.74, 6) is -0.204. The van der Waals surface area contributed by atoms with Crippen LogP contribution in [-0.4, -0.2) is 18.0 Å². The number of halogens is 1. The molecule has 1 aliphatic rings. The van der Waals surface area contributed by atoms with Crippen LogP contribution in [0.3, 0.4) is 0 Å². The lowest BCUT2D eigenvalue weighted by atomic mass is 9.93. The summed E-state index contributed by atoms with van der Waals surface area (Å²) < 4.78 is 13.4. The van der Waals surface area contributed by atoms with Crippen LogP contribution in [-0.2, 0) is 11.3 Å². The van der Waals surface area contributed by atoms with E-state index in [1.54, 1.807) is 13.0 Å². The van der Waals surface area contributed by atoms with Crippen molar-refractivity contribution < 1.29 is 9.18 Å². The maximum absolute atomic E-state index is 13.4. The molecule has 4 heteroatoms. The third-order valence-electron chi connectivity index (χ3n) is 3.97. The van der Waals surface area contributed by atoms with Crippen molar-refractivity contribution in [3.63, 3.8) is 0 Å². The number of hydrogen-bond acceptors (Lipinski definition) is 2. The van der Waals surface area contributed by atoms with Crippen LogP contribution in [0.25, 0.3) is 0 Å². The average molecular weight is 264 g/mol. The molecular formula is C15H21FN2O. The van der Waals surface area contributed by atoms with Gasteiger partial charge in [0.2, 0.25) is 5.91 Å². The van der Waals surface area contributed by atoms with Crippen LogP contribution in [0.4, 0.5) is 4.39 Å². The third-order valence-corrected chi connectivity index (χ3v) is 3.97. The molecule has 1 unspecified atom stereocenters. The lowest BCUT2D eigenvalue weighted by Crippen LogP contribution is -2.52. The predicted octanol–water partition coefficient (Wildman–Crippen LogP) is 2.28. The standard InChI is InChI=1S/C15H21FN2O/c1-3-15(7-4-8-18-15)14(19)17-10-12-6-5-11(2)13(16)9-12/h5-6,9,18H,3-4,7-8,10H2,1-2H3,(H,17,19). The predicted molar refractivity (Wildman–Crippen MR) is 73.2 cm³/mol. The van der Waals surface area contributed by atoms with E-state index in [9.17, 15) is 9.18 Å². The van der Waals surface area contributed by atoms with Crippen molar-refractivity contribution in [3.8, 4) is 0 Å². The Morgan fingerprint density at radius 1 is 1.53 bits per heavy atom. The summed E-state index contributed by atoms with van der Waals surface area (Å²) in [6.45, 7) is 5.01. The molecule has 0 spiro atoms. The van der Waals surface area contributed by atoms with E-state index in [1.165, 1.54) is 6.07 Å². The van der Waals surface area contributed by atoms with E-state index in [2.05, 4.69) is 10.6 Å². The Morgan fingerprint density at radius 2 is 2.32 bits per heavy atom. The van der Waals surface area contributed by atoms with Crippen molar-refractivity contribution in [2.24, 2.45) is 0 Å². The molecule has 2 rings (SSSR count). The molecular weight excluding hydrogens is 243 g/mol. The molecule has 104 valence electrons. The maximum Gasteiger partial charge on any atom is 0.240 e. The van der Waals surface area contributed by atoms with Gasteiger partial charge in [-0.1, -0.05) is 19.1 Å². The quantitative estimate of drug-likeness (QED) is 0.876. The van der Waals surface area contributed by atoms with Crippen molar-refractivity contribution in [2.45, 2.75) is 45.2 Å². The van der Waals surface area contributed by atoms with Crippen LogP contribution in [0.15, 0.2) is 18.2 Å². The molecule has 3 nitrogen and oxygen atoms in total. The third kappa shape index (κ3) is 2.95. The Kier molecular flexibility index (Phi) is 4.20. The molecule has 0 radical (unpaired) electrons.